The number of fused-ring (bicyclic) bond motifs is 1. The van der Waals surface area contributed by atoms with Crippen molar-refractivity contribution in [2.24, 2.45) is 5.92 Å². The van der Waals surface area contributed by atoms with E-state index in [1.807, 2.05) is 0 Å². The van der Waals surface area contributed by atoms with E-state index in [1.165, 1.54) is 17.0 Å². The van der Waals surface area contributed by atoms with Crippen LogP contribution in [0.4, 0.5) is 5.13 Å². The lowest BCUT2D eigenvalue weighted by atomic mass is 9.84. The Labute approximate surface area is 207 Å². The van der Waals surface area contributed by atoms with Crippen LogP contribution in [0.1, 0.15) is 62.4 Å². The molecule has 2 aliphatic carbocycles. The van der Waals surface area contributed by atoms with Crippen molar-refractivity contribution >= 4 is 38.1 Å². The largest absolute Gasteiger partial charge is 0.375 e. The first-order valence-corrected chi connectivity index (χ1v) is 14.8. The van der Waals surface area contributed by atoms with Gasteiger partial charge < -0.3 is 10.6 Å². The van der Waals surface area contributed by atoms with Gasteiger partial charge in [0, 0.05) is 17.0 Å². The lowest BCUT2D eigenvalue weighted by molar-refractivity contribution is 0.158. The normalized spacial score (nSPS) is 23.5. The van der Waals surface area contributed by atoms with E-state index < -0.39 is 10.0 Å². The number of nitrogens with two attached hydrogens (primary N) is 1. The van der Waals surface area contributed by atoms with Crippen LogP contribution >= 0.6 is 22.9 Å². The first-order chi connectivity index (χ1) is 15.9. The predicted octanol–water partition coefficient (Wildman–Crippen LogP) is 4.88. The van der Waals surface area contributed by atoms with E-state index in [1.54, 1.807) is 35.6 Å². The highest BCUT2D eigenvalue weighted by Gasteiger charge is 2.29. The molecule has 6 nitrogen and oxygen atoms in total. The Bertz CT molecular complexity index is 1030. The molecule has 0 saturated heterocycles. The fourth-order valence-electron chi connectivity index (χ4n) is 5.32. The maximum absolute atomic E-state index is 12.7. The van der Waals surface area contributed by atoms with Crippen LogP contribution in [0.25, 0.3) is 0 Å². The number of sulfonamides is 1. The summed E-state index contributed by atoms with van der Waals surface area (Å²) in [4.78, 5) is 8.70. The van der Waals surface area contributed by atoms with E-state index in [0.717, 1.165) is 64.5 Å². The van der Waals surface area contributed by atoms with Gasteiger partial charge in [-0.3, -0.25) is 0 Å². The molecule has 1 aromatic heterocycles. The number of rotatable bonds is 9. The van der Waals surface area contributed by atoms with Gasteiger partial charge >= 0.3 is 0 Å². The van der Waals surface area contributed by atoms with Crippen molar-refractivity contribution in [1.29, 1.82) is 0 Å². The second-order valence-electron chi connectivity index (χ2n) is 9.41. The number of aromatic nitrogens is 1. The van der Waals surface area contributed by atoms with Gasteiger partial charge in [0.05, 0.1) is 10.7 Å². The highest BCUT2D eigenvalue weighted by Crippen LogP contribution is 2.32. The van der Waals surface area contributed by atoms with Crippen LogP contribution in [0.5, 0.6) is 0 Å². The Balaban J connectivity index is 1.26. The molecule has 33 heavy (non-hydrogen) atoms. The van der Waals surface area contributed by atoms with Gasteiger partial charge in [0.1, 0.15) is 4.90 Å². The van der Waals surface area contributed by atoms with Gasteiger partial charge in [0.2, 0.25) is 10.0 Å². The van der Waals surface area contributed by atoms with Crippen LogP contribution in [0.3, 0.4) is 0 Å². The molecule has 1 saturated carbocycles. The van der Waals surface area contributed by atoms with E-state index in [-0.39, 0.29) is 16.0 Å². The second-order valence-corrected chi connectivity index (χ2v) is 12.6. The number of nitrogen functional groups attached to an aromatic ring is 1. The van der Waals surface area contributed by atoms with Crippen LogP contribution in [0.15, 0.2) is 29.2 Å². The molecule has 4 rings (SSSR count). The maximum atomic E-state index is 12.7. The zero-order valence-electron chi connectivity index (χ0n) is 19.3. The van der Waals surface area contributed by atoms with Crippen LogP contribution in [0.2, 0.25) is 5.02 Å². The van der Waals surface area contributed by atoms with Crippen LogP contribution in [0, 0.1) is 5.92 Å². The first kappa shape index (κ1) is 24.9. The van der Waals surface area contributed by atoms with Gasteiger partial charge in [-0.1, -0.05) is 30.7 Å². The Morgan fingerprint density at radius 3 is 2.67 bits per heavy atom. The van der Waals surface area contributed by atoms with Gasteiger partial charge in [0.25, 0.3) is 0 Å². The fraction of sp³-hybridized carbons (Fsp3) is 0.625. The lowest BCUT2D eigenvalue weighted by Gasteiger charge is -2.36. The van der Waals surface area contributed by atoms with Crippen LogP contribution in [-0.4, -0.2) is 43.5 Å². The summed E-state index contributed by atoms with van der Waals surface area (Å²) in [5.41, 5.74) is 7.14. The van der Waals surface area contributed by atoms with Crippen molar-refractivity contribution < 1.29 is 8.42 Å². The zero-order valence-corrected chi connectivity index (χ0v) is 21.7. The fourth-order valence-corrected chi connectivity index (χ4v) is 8.09. The molecule has 2 aromatic rings. The number of nitrogens with zero attached hydrogens (tertiary/aromatic N) is 2. The third-order valence-electron chi connectivity index (χ3n) is 7.08. The van der Waals surface area contributed by atoms with E-state index in [4.69, 9.17) is 17.3 Å². The van der Waals surface area contributed by atoms with Crippen molar-refractivity contribution in [3.05, 3.63) is 39.9 Å². The molecule has 0 unspecified atom stereocenters. The molecule has 0 aliphatic heterocycles. The molecule has 1 heterocycles. The smallest absolute Gasteiger partial charge is 0.242 e. The van der Waals surface area contributed by atoms with Gasteiger partial charge in [0.15, 0.2) is 5.13 Å². The highest BCUT2D eigenvalue weighted by atomic mass is 35.5. The molecule has 1 fully saturated rings. The molecule has 1 atom stereocenters. The van der Waals surface area contributed by atoms with Crippen molar-refractivity contribution in [3.63, 3.8) is 0 Å². The zero-order chi connectivity index (χ0) is 23.4. The maximum Gasteiger partial charge on any atom is 0.242 e. The summed E-state index contributed by atoms with van der Waals surface area (Å²) in [6.07, 6.45) is 9.50. The summed E-state index contributed by atoms with van der Waals surface area (Å²) >= 11 is 7.76. The van der Waals surface area contributed by atoms with Gasteiger partial charge in [-0.25, -0.2) is 18.1 Å². The van der Waals surface area contributed by atoms with Gasteiger partial charge in [-0.2, -0.15) is 0 Å². The van der Waals surface area contributed by atoms with E-state index in [2.05, 4.69) is 21.5 Å². The number of nitrogens with one attached hydrogen (secondary N) is 1. The summed E-state index contributed by atoms with van der Waals surface area (Å²) < 4.78 is 28.4. The molecule has 0 amide bonds. The summed E-state index contributed by atoms with van der Waals surface area (Å²) in [7, 11) is -3.58. The summed E-state index contributed by atoms with van der Waals surface area (Å²) in [6, 6.07) is 7.20. The Kier molecular flexibility index (Phi) is 8.33. The quantitative estimate of drug-likeness (QED) is 0.502. The number of benzene rings is 1. The number of anilines is 1. The SMILES string of the molecule is CCCN(CCC1CCC(NS(=O)(=O)c2ccccc2Cl)CC1)[C@@H]1CCc2nc(N)sc2C1. The molecule has 0 radical (unpaired) electrons. The summed E-state index contributed by atoms with van der Waals surface area (Å²) in [6.45, 7) is 4.49. The number of aryl methyl sites for hydroxylation is 1. The average molecular weight is 511 g/mol. The Hall–Kier alpha value is -1.19. The molecule has 182 valence electrons. The first-order valence-electron chi connectivity index (χ1n) is 12.1. The average Bonchev–Trinajstić information content (AvgIpc) is 3.17. The molecule has 0 spiro atoms. The third kappa shape index (κ3) is 6.28. The summed E-state index contributed by atoms with van der Waals surface area (Å²) in [5, 5.41) is 0.968. The van der Waals surface area contributed by atoms with E-state index in [0.29, 0.717) is 17.1 Å². The highest BCUT2D eigenvalue weighted by molar-refractivity contribution is 7.89. The van der Waals surface area contributed by atoms with Gasteiger partial charge in [-0.05, 0) is 88.9 Å². The summed E-state index contributed by atoms with van der Waals surface area (Å²) in [5.74, 6) is 0.656. The van der Waals surface area contributed by atoms with Crippen molar-refractivity contribution in [2.75, 3.05) is 18.8 Å². The Morgan fingerprint density at radius 1 is 1.18 bits per heavy atom. The number of halogens is 1. The topological polar surface area (TPSA) is 88.3 Å². The number of hydrogen-bond acceptors (Lipinski definition) is 6. The van der Waals surface area contributed by atoms with Crippen LogP contribution < -0.4 is 10.5 Å². The molecule has 2 aliphatic rings. The predicted molar refractivity (Wildman–Crippen MR) is 136 cm³/mol. The number of thiazole rings is 1. The molecule has 0 bridgehead atoms. The van der Waals surface area contributed by atoms with E-state index in [9.17, 15) is 8.42 Å². The molecule has 9 heteroatoms. The van der Waals surface area contributed by atoms with Crippen molar-refractivity contribution in [1.82, 2.24) is 14.6 Å². The monoisotopic (exact) mass is 510 g/mol. The van der Waals surface area contributed by atoms with Crippen LogP contribution in [-0.2, 0) is 22.9 Å². The standard InChI is InChI=1S/C24H35ClN4O2S2/c1-2-14-29(19-11-12-21-22(16-19)32-24(26)27-21)15-13-17-7-9-18(10-8-17)28-33(30,31)23-6-4-3-5-20(23)25/h3-6,17-19,28H,2,7-16H2,1H3,(H2,26,27)/t17?,18?,19-/m1/s1. The number of hydrogen-bond donors (Lipinski definition) is 2. The van der Waals surface area contributed by atoms with Crippen molar-refractivity contribution in [2.45, 2.75) is 81.7 Å². The molecule has 1 aromatic carbocycles. The minimum absolute atomic E-state index is 0.0113. The second kappa shape index (κ2) is 11.0. The Morgan fingerprint density at radius 2 is 1.94 bits per heavy atom. The van der Waals surface area contributed by atoms with Crippen molar-refractivity contribution in [3.8, 4) is 0 Å². The lowest BCUT2D eigenvalue weighted by Crippen LogP contribution is -2.41. The minimum Gasteiger partial charge on any atom is -0.375 e. The minimum atomic E-state index is -3.58. The van der Waals surface area contributed by atoms with Gasteiger partial charge in [-0.15, -0.1) is 11.3 Å². The molecule has 3 N–H and O–H groups in total. The van der Waals surface area contributed by atoms with E-state index >= 15 is 0 Å². The molecular weight excluding hydrogens is 476 g/mol. The molecular formula is C24H35ClN4O2S2. The third-order valence-corrected chi connectivity index (χ3v) is 10.0.